The first-order chi connectivity index (χ1) is 8.22. The van der Waals surface area contributed by atoms with Gasteiger partial charge in [0, 0.05) is 15.9 Å². The molecule has 0 aliphatic carbocycles. The molecule has 0 bridgehead atoms. The zero-order valence-corrected chi connectivity index (χ0v) is 12.3. The Labute approximate surface area is 114 Å². The molecule has 1 aromatic heterocycles. The number of nitrogens with one attached hydrogen (secondary N) is 1. The molecule has 1 unspecified atom stereocenters. The van der Waals surface area contributed by atoms with Crippen molar-refractivity contribution in [3.8, 4) is 0 Å². The highest BCUT2D eigenvalue weighted by Gasteiger charge is 2.28. The molecule has 0 saturated carbocycles. The van der Waals surface area contributed by atoms with Gasteiger partial charge in [-0.25, -0.2) is 0 Å². The Morgan fingerprint density at radius 2 is 2.47 bits per heavy atom. The van der Waals surface area contributed by atoms with Gasteiger partial charge in [0.05, 0.1) is 12.6 Å². The van der Waals surface area contributed by atoms with Crippen molar-refractivity contribution in [2.45, 2.75) is 32.4 Å². The summed E-state index contributed by atoms with van der Waals surface area (Å²) >= 11 is 5.21. The lowest BCUT2D eigenvalue weighted by Gasteiger charge is -2.32. The fourth-order valence-electron chi connectivity index (χ4n) is 2.14. The summed E-state index contributed by atoms with van der Waals surface area (Å²) in [7, 11) is 0. The number of rotatable bonds is 4. The van der Waals surface area contributed by atoms with Crippen LogP contribution in [0.1, 0.15) is 24.6 Å². The van der Waals surface area contributed by atoms with Crippen LogP contribution in [0.4, 0.5) is 0 Å². The molecule has 2 rings (SSSR count). The highest BCUT2D eigenvalue weighted by Crippen LogP contribution is 2.25. The van der Waals surface area contributed by atoms with Gasteiger partial charge in [-0.2, -0.15) is 0 Å². The van der Waals surface area contributed by atoms with Crippen molar-refractivity contribution < 1.29 is 4.79 Å². The van der Waals surface area contributed by atoms with Crippen LogP contribution in [0.25, 0.3) is 0 Å². The van der Waals surface area contributed by atoms with Gasteiger partial charge in [-0.3, -0.25) is 4.79 Å². The van der Waals surface area contributed by atoms with Crippen molar-refractivity contribution in [1.29, 1.82) is 0 Å². The Kier molecular flexibility index (Phi) is 4.59. The fraction of sp³-hybridized carbons (Fsp3) is 0.583. The van der Waals surface area contributed by atoms with Gasteiger partial charge in [-0.1, -0.05) is 6.92 Å². The normalized spacial score (nSPS) is 20.9. The first kappa shape index (κ1) is 13.1. The maximum Gasteiger partial charge on any atom is 0.240 e. The summed E-state index contributed by atoms with van der Waals surface area (Å²) in [6.45, 7) is 4.51. The van der Waals surface area contributed by atoms with Gasteiger partial charge in [0.15, 0.2) is 0 Å². The predicted octanol–water partition coefficient (Wildman–Crippen LogP) is 2.61. The maximum absolute atomic E-state index is 12.2. The number of halogens is 1. The second-order valence-electron chi connectivity index (χ2n) is 4.20. The Morgan fingerprint density at radius 1 is 1.65 bits per heavy atom. The van der Waals surface area contributed by atoms with Crippen LogP contribution in [0, 0.1) is 0 Å². The summed E-state index contributed by atoms with van der Waals surface area (Å²) in [5, 5.41) is 5.31. The molecule has 1 aromatic rings. The highest BCUT2D eigenvalue weighted by atomic mass is 79.9. The third kappa shape index (κ3) is 3.09. The molecule has 1 amide bonds. The van der Waals surface area contributed by atoms with Crippen LogP contribution < -0.4 is 5.32 Å². The van der Waals surface area contributed by atoms with Crippen molar-refractivity contribution >= 4 is 33.2 Å². The SMILES string of the molecule is CCNC1CCCN(Cc2sccc2Br)C1=O. The van der Waals surface area contributed by atoms with Crippen LogP contribution in [-0.2, 0) is 11.3 Å². The number of likely N-dealkylation sites (N-methyl/N-ethyl adjacent to an activating group) is 1. The Bertz CT molecular complexity index is 392. The third-order valence-electron chi connectivity index (χ3n) is 3.01. The van der Waals surface area contributed by atoms with E-state index < -0.39 is 0 Å². The number of likely N-dealkylation sites (tertiary alicyclic amines) is 1. The molecule has 1 aliphatic rings. The molecule has 5 heteroatoms. The third-order valence-corrected chi connectivity index (χ3v) is 4.92. The number of hydrogen-bond acceptors (Lipinski definition) is 3. The Hall–Kier alpha value is -0.390. The minimum atomic E-state index is 0.0208. The minimum absolute atomic E-state index is 0.0208. The number of carbonyl (C=O) groups excluding carboxylic acids is 1. The second-order valence-corrected chi connectivity index (χ2v) is 6.06. The van der Waals surface area contributed by atoms with Crippen LogP contribution >= 0.6 is 27.3 Å². The number of nitrogens with zero attached hydrogens (tertiary/aromatic N) is 1. The average Bonchev–Trinajstić information content (AvgIpc) is 2.70. The van der Waals surface area contributed by atoms with E-state index in [0.717, 1.165) is 36.9 Å². The van der Waals surface area contributed by atoms with E-state index in [9.17, 15) is 4.79 Å². The van der Waals surface area contributed by atoms with Crippen molar-refractivity contribution in [1.82, 2.24) is 10.2 Å². The lowest BCUT2D eigenvalue weighted by Crippen LogP contribution is -2.50. The predicted molar refractivity (Wildman–Crippen MR) is 74.1 cm³/mol. The standard InChI is InChI=1S/C12H17BrN2OS/c1-2-14-10-4-3-6-15(12(10)16)8-11-9(13)5-7-17-11/h5,7,10,14H,2-4,6,8H2,1H3. The zero-order chi connectivity index (χ0) is 12.3. The van der Waals surface area contributed by atoms with Gasteiger partial charge >= 0.3 is 0 Å². The van der Waals surface area contributed by atoms with Crippen LogP contribution in [0.5, 0.6) is 0 Å². The summed E-state index contributed by atoms with van der Waals surface area (Å²) in [6, 6.07) is 2.06. The van der Waals surface area contributed by atoms with Crippen LogP contribution in [0.3, 0.4) is 0 Å². The number of thiophene rings is 1. The molecule has 17 heavy (non-hydrogen) atoms. The van der Waals surface area contributed by atoms with E-state index in [1.807, 2.05) is 17.9 Å². The van der Waals surface area contributed by atoms with E-state index in [1.54, 1.807) is 11.3 Å². The van der Waals surface area contributed by atoms with Gasteiger partial charge in [0.2, 0.25) is 5.91 Å². The lowest BCUT2D eigenvalue weighted by atomic mass is 10.0. The van der Waals surface area contributed by atoms with E-state index >= 15 is 0 Å². The van der Waals surface area contributed by atoms with Gasteiger partial charge in [-0.05, 0) is 46.8 Å². The van der Waals surface area contributed by atoms with Gasteiger partial charge in [0.1, 0.15) is 0 Å². The summed E-state index contributed by atoms with van der Waals surface area (Å²) in [5.41, 5.74) is 0. The van der Waals surface area contributed by atoms with E-state index in [0.29, 0.717) is 0 Å². The summed E-state index contributed by atoms with van der Waals surface area (Å²) < 4.78 is 1.11. The fourth-order valence-corrected chi connectivity index (χ4v) is 3.64. The Balaban J connectivity index is 2.01. The average molecular weight is 317 g/mol. The maximum atomic E-state index is 12.2. The van der Waals surface area contributed by atoms with Gasteiger partial charge in [0.25, 0.3) is 0 Å². The summed E-state index contributed by atoms with van der Waals surface area (Å²) in [4.78, 5) is 15.4. The molecular formula is C12H17BrN2OS. The molecule has 2 heterocycles. The molecule has 0 radical (unpaired) electrons. The molecule has 1 atom stereocenters. The number of carbonyl (C=O) groups is 1. The molecule has 3 nitrogen and oxygen atoms in total. The van der Waals surface area contributed by atoms with E-state index in [1.165, 1.54) is 4.88 Å². The topological polar surface area (TPSA) is 32.3 Å². The summed E-state index contributed by atoms with van der Waals surface area (Å²) in [6.07, 6.45) is 2.06. The Morgan fingerprint density at radius 3 is 3.12 bits per heavy atom. The number of amides is 1. The van der Waals surface area contributed by atoms with E-state index in [-0.39, 0.29) is 11.9 Å². The molecule has 1 fully saturated rings. The van der Waals surface area contributed by atoms with E-state index in [2.05, 4.69) is 26.6 Å². The molecule has 0 spiro atoms. The minimum Gasteiger partial charge on any atom is -0.336 e. The molecule has 0 aromatic carbocycles. The molecule has 1 aliphatic heterocycles. The second kappa shape index (κ2) is 5.98. The van der Waals surface area contributed by atoms with Crippen molar-refractivity contribution in [3.05, 3.63) is 20.8 Å². The smallest absolute Gasteiger partial charge is 0.240 e. The zero-order valence-electron chi connectivity index (χ0n) is 9.91. The van der Waals surface area contributed by atoms with Crippen LogP contribution in [0.15, 0.2) is 15.9 Å². The van der Waals surface area contributed by atoms with Gasteiger partial charge < -0.3 is 10.2 Å². The van der Waals surface area contributed by atoms with Crippen molar-refractivity contribution in [2.24, 2.45) is 0 Å². The van der Waals surface area contributed by atoms with Crippen LogP contribution in [0.2, 0.25) is 0 Å². The molecule has 94 valence electrons. The van der Waals surface area contributed by atoms with Gasteiger partial charge in [-0.15, -0.1) is 11.3 Å². The summed E-state index contributed by atoms with van der Waals surface area (Å²) in [5.74, 6) is 0.249. The van der Waals surface area contributed by atoms with E-state index in [4.69, 9.17) is 0 Å². The van der Waals surface area contributed by atoms with Crippen molar-refractivity contribution in [2.75, 3.05) is 13.1 Å². The van der Waals surface area contributed by atoms with Crippen LogP contribution in [-0.4, -0.2) is 29.9 Å². The first-order valence-electron chi connectivity index (χ1n) is 5.96. The number of piperidine rings is 1. The number of hydrogen-bond donors (Lipinski definition) is 1. The monoisotopic (exact) mass is 316 g/mol. The molecule has 1 N–H and O–H groups in total. The largest absolute Gasteiger partial charge is 0.336 e. The highest BCUT2D eigenvalue weighted by molar-refractivity contribution is 9.10. The van der Waals surface area contributed by atoms with Crippen molar-refractivity contribution in [3.63, 3.8) is 0 Å². The first-order valence-corrected chi connectivity index (χ1v) is 7.63. The molecular weight excluding hydrogens is 300 g/mol. The quantitative estimate of drug-likeness (QED) is 0.926. The lowest BCUT2D eigenvalue weighted by molar-refractivity contribution is -0.136. The molecule has 1 saturated heterocycles.